The molecule has 0 unspecified atom stereocenters. The fourth-order valence-electron chi connectivity index (χ4n) is 1.75. The molecule has 1 rings (SSSR count). The Hall–Kier alpha value is -1.83. The minimum Gasteiger partial charge on any atom is -0.369 e. The lowest BCUT2D eigenvalue weighted by atomic mass is 10.1. The lowest BCUT2D eigenvalue weighted by molar-refractivity contribution is 0.555. The summed E-state index contributed by atoms with van der Waals surface area (Å²) in [5.74, 6) is 2.43. The van der Waals surface area contributed by atoms with Crippen molar-refractivity contribution in [2.24, 2.45) is 5.92 Å². The highest BCUT2D eigenvalue weighted by Gasteiger charge is 2.04. The summed E-state index contributed by atoms with van der Waals surface area (Å²) >= 11 is 0. The van der Waals surface area contributed by atoms with Crippen molar-refractivity contribution in [2.45, 2.75) is 33.1 Å². The van der Waals surface area contributed by atoms with Crippen LogP contribution in [0.3, 0.4) is 0 Å². The largest absolute Gasteiger partial charge is 0.369 e. The number of nitrogens with one attached hydrogen (secondary N) is 1. The van der Waals surface area contributed by atoms with Gasteiger partial charge in [0, 0.05) is 26.2 Å². The van der Waals surface area contributed by atoms with Crippen molar-refractivity contribution in [3.8, 4) is 6.07 Å². The molecule has 5 nitrogen and oxygen atoms in total. The maximum absolute atomic E-state index is 8.50. The number of rotatable bonds is 8. The fraction of sp³-hybridized carbons (Fsp3) is 0.643. The average Bonchev–Trinajstić information content (AvgIpc) is 2.39. The summed E-state index contributed by atoms with van der Waals surface area (Å²) in [4.78, 5) is 10.6. The van der Waals surface area contributed by atoms with Gasteiger partial charge < -0.3 is 10.2 Å². The van der Waals surface area contributed by atoms with E-state index in [4.69, 9.17) is 5.26 Å². The van der Waals surface area contributed by atoms with Gasteiger partial charge in [-0.1, -0.05) is 13.8 Å². The maximum Gasteiger partial charge on any atom is 0.133 e. The van der Waals surface area contributed by atoms with Crippen LogP contribution in [-0.2, 0) is 0 Å². The van der Waals surface area contributed by atoms with Crippen molar-refractivity contribution in [2.75, 3.05) is 30.4 Å². The van der Waals surface area contributed by atoms with Crippen molar-refractivity contribution >= 4 is 11.6 Å². The first-order valence-electron chi connectivity index (χ1n) is 6.77. The zero-order valence-electron chi connectivity index (χ0n) is 12.1. The summed E-state index contributed by atoms with van der Waals surface area (Å²) in [7, 11) is 2.04. The third-order valence-electron chi connectivity index (χ3n) is 2.86. The molecule has 104 valence electrons. The van der Waals surface area contributed by atoms with Crippen molar-refractivity contribution < 1.29 is 0 Å². The number of nitrogens with zero attached hydrogens (tertiary/aromatic N) is 4. The molecule has 0 spiro atoms. The molecule has 0 atom stereocenters. The first-order chi connectivity index (χ1) is 9.13. The van der Waals surface area contributed by atoms with Gasteiger partial charge in [-0.25, -0.2) is 9.97 Å². The molecular weight excluding hydrogens is 238 g/mol. The molecule has 1 heterocycles. The molecule has 0 saturated carbocycles. The molecular formula is C14H23N5. The Labute approximate surface area is 115 Å². The molecule has 0 amide bonds. The van der Waals surface area contributed by atoms with Crippen molar-refractivity contribution in [3.63, 3.8) is 0 Å². The van der Waals surface area contributed by atoms with E-state index in [0.717, 1.165) is 30.5 Å². The van der Waals surface area contributed by atoms with Gasteiger partial charge in [-0.3, -0.25) is 0 Å². The van der Waals surface area contributed by atoms with E-state index in [1.165, 1.54) is 6.42 Å². The quantitative estimate of drug-likeness (QED) is 0.729. The van der Waals surface area contributed by atoms with E-state index < -0.39 is 0 Å². The molecule has 0 fully saturated rings. The summed E-state index contributed by atoms with van der Waals surface area (Å²) in [5, 5.41) is 11.6. The van der Waals surface area contributed by atoms with Crippen LogP contribution in [0.15, 0.2) is 12.4 Å². The van der Waals surface area contributed by atoms with Gasteiger partial charge in [-0.05, 0) is 18.8 Å². The van der Waals surface area contributed by atoms with Gasteiger partial charge in [0.05, 0.1) is 12.5 Å². The Morgan fingerprint density at radius 1 is 1.42 bits per heavy atom. The monoisotopic (exact) mass is 261 g/mol. The summed E-state index contributed by atoms with van der Waals surface area (Å²) in [6, 6.07) is 4.02. The van der Waals surface area contributed by atoms with Crippen LogP contribution >= 0.6 is 0 Å². The third-order valence-corrected chi connectivity index (χ3v) is 2.86. The lowest BCUT2D eigenvalue weighted by Crippen LogP contribution is -2.20. The van der Waals surface area contributed by atoms with Crippen LogP contribution in [0.5, 0.6) is 0 Å². The van der Waals surface area contributed by atoms with Crippen LogP contribution in [0.1, 0.15) is 33.1 Å². The molecule has 0 radical (unpaired) electrons. The van der Waals surface area contributed by atoms with E-state index >= 15 is 0 Å². The highest BCUT2D eigenvalue weighted by Crippen LogP contribution is 2.14. The van der Waals surface area contributed by atoms with Crippen LogP contribution in [0.25, 0.3) is 0 Å². The lowest BCUT2D eigenvalue weighted by Gasteiger charge is -2.19. The Balaban J connectivity index is 2.48. The molecule has 5 heteroatoms. The van der Waals surface area contributed by atoms with Crippen LogP contribution in [0.2, 0.25) is 0 Å². The number of anilines is 2. The van der Waals surface area contributed by atoms with Gasteiger partial charge in [-0.2, -0.15) is 5.26 Å². The van der Waals surface area contributed by atoms with E-state index in [2.05, 4.69) is 40.1 Å². The van der Waals surface area contributed by atoms with Crippen LogP contribution in [0.4, 0.5) is 11.6 Å². The van der Waals surface area contributed by atoms with Gasteiger partial charge in [0.25, 0.3) is 0 Å². The van der Waals surface area contributed by atoms with Crippen LogP contribution < -0.4 is 10.2 Å². The minimum absolute atomic E-state index is 0.476. The third kappa shape index (κ3) is 6.05. The Morgan fingerprint density at radius 2 is 2.21 bits per heavy atom. The second-order valence-electron chi connectivity index (χ2n) is 5.05. The van der Waals surface area contributed by atoms with Crippen LogP contribution in [0, 0.1) is 17.2 Å². The fourth-order valence-corrected chi connectivity index (χ4v) is 1.75. The minimum atomic E-state index is 0.476. The standard InChI is InChI=1S/C14H23N5/c1-12(2)6-4-9-19(3)14-10-13(17-11-18-14)16-8-5-7-15/h10-12H,4-6,8-9H2,1-3H3,(H,16,17,18). The molecule has 0 aliphatic rings. The number of hydrogen-bond donors (Lipinski definition) is 1. The summed E-state index contributed by atoms with van der Waals surface area (Å²) in [6.45, 7) is 6.08. The smallest absolute Gasteiger partial charge is 0.133 e. The second-order valence-corrected chi connectivity index (χ2v) is 5.05. The van der Waals surface area contributed by atoms with Crippen molar-refractivity contribution in [1.82, 2.24) is 9.97 Å². The molecule has 0 aliphatic carbocycles. The summed E-state index contributed by atoms with van der Waals surface area (Å²) in [6.07, 6.45) is 4.42. The predicted molar refractivity (Wildman–Crippen MR) is 78.1 cm³/mol. The predicted octanol–water partition coefficient (Wildman–Crippen LogP) is 2.67. The number of aromatic nitrogens is 2. The highest BCUT2D eigenvalue weighted by molar-refractivity contribution is 5.47. The number of hydrogen-bond acceptors (Lipinski definition) is 5. The molecule has 1 aromatic heterocycles. The zero-order valence-corrected chi connectivity index (χ0v) is 12.1. The maximum atomic E-state index is 8.50. The summed E-state index contributed by atoms with van der Waals surface area (Å²) < 4.78 is 0. The van der Waals surface area contributed by atoms with E-state index in [1.807, 2.05) is 13.1 Å². The Morgan fingerprint density at radius 3 is 2.89 bits per heavy atom. The highest BCUT2D eigenvalue weighted by atomic mass is 15.2. The van der Waals surface area contributed by atoms with Crippen LogP contribution in [-0.4, -0.2) is 30.1 Å². The Kier molecular flexibility index (Phi) is 6.65. The molecule has 0 aromatic carbocycles. The van der Waals surface area contributed by atoms with Gasteiger partial charge in [-0.15, -0.1) is 0 Å². The summed E-state index contributed by atoms with van der Waals surface area (Å²) in [5.41, 5.74) is 0. The van der Waals surface area contributed by atoms with E-state index in [1.54, 1.807) is 6.33 Å². The number of nitriles is 1. The van der Waals surface area contributed by atoms with Crippen molar-refractivity contribution in [3.05, 3.63) is 12.4 Å². The normalized spacial score (nSPS) is 10.3. The molecule has 0 aliphatic heterocycles. The zero-order chi connectivity index (χ0) is 14.1. The van der Waals surface area contributed by atoms with Gasteiger partial charge in [0.2, 0.25) is 0 Å². The molecule has 0 bridgehead atoms. The first kappa shape index (κ1) is 15.2. The van der Waals surface area contributed by atoms with E-state index in [-0.39, 0.29) is 0 Å². The van der Waals surface area contributed by atoms with Crippen molar-refractivity contribution in [1.29, 1.82) is 5.26 Å². The van der Waals surface area contributed by atoms with Gasteiger partial charge in [0.15, 0.2) is 0 Å². The van der Waals surface area contributed by atoms with E-state index in [0.29, 0.717) is 13.0 Å². The average molecular weight is 261 g/mol. The molecule has 0 saturated heterocycles. The molecule has 1 N–H and O–H groups in total. The van der Waals surface area contributed by atoms with Gasteiger partial charge >= 0.3 is 0 Å². The molecule has 19 heavy (non-hydrogen) atoms. The first-order valence-corrected chi connectivity index (χ1v) is 6.77. The Bertz CT molecular complexity index is 411. The SMILES string of the molecule is CC(C)CCCN(C)c1cc(NCCC#N)ncn1. The second kappa shape index (κ2) is 8.30. The van der Waals surface area contributed by atoms with E-state index in [9.17, 15) is 0 Å². The van der Waals surface area contributed by atoms with Gasteiger partial charge in [0.1, 0.15) is 18.0 Å². The molecule has 1 aromatic rings. The topological polar surface area (TPSA) is 64.8 Å².